The van der Waals surface area contributed by atoms with Crippen molar-refractivity contribution in [2.45, 2.75) is 47.0 Å². The van der Waals surface area contributed by atoms with Crippen LogP contribution < -0.4 is 4.57 Å². The van der Waals surface area contributed by atoms with Gasteiger partial charge in [0, 0.05) is 17.2 Å². The summed E-state index contributed by atoms with van der Waals surface area (Å²) >= 11 is 0. The first-order valence-electron chi connectivity index (χ1n) is 7.54. The molecule has 1 aromatic heterocycles. The molecule has 0 unspecified atom stereocenters. The second-order valence-electron chi connectivity index (χ2n) is 6.07. The quantitative estimate of drug-likeness (QED) is 0.723. The lowest BCUT2D eigenvalue weighted by Crippen LogP contribution is -2.32. The maximum Gasteiger partial charge on any atom is 0.212 e. The molecule has 2 rings (SSSR count). The normalized spacial score (nSPS) is 11.2. The van der Waals surface area contributed by atoms with Crippen LogP contribution in [0, 0.1) is 13.8 Å². The van der Waals surface area contributed by atoms with Gasteiger partial charge in [0.1, 0.15) is 7.05 Å². The van der Waals surface area contributed by atoms with Gasteiger partial charge in [-0.25, -0.2) is 4.57 Å². The third-order valence-electron chi connectivity index (χ3n) is 4.12. The molecule has 1 heterocycles. The lowest BCUT2D eigenvalue weighted by molar-refractivity contribution is -0.660. The van der Waals surface area contributed by atoms with E-state index < -0.39 is 0 Å². The van der Waals surface area contributed by atoms with Crippen molar-refractivity contribution < 1.29 is 4.57 Å². The van der Waals surface area contributed by atoms with Gasteiger partial charge in [-0.05, 0) is 48.9 Å². The molecule has 106 valence electrons. The van der Waals surface area contributed by atoms with Crippen molar-refractivity contribution >= 4 is 0 Å². The average Bonchev–Trinajstić information content (AvgIpc) is 2.40. The third-order valence-corrected chi connectivity index (χ3v) is 4.12. The zero-order valence-corrected chi connectivity index (χ0v) is 13.6. The van der Waals surface area contributed by atoms with E-state index in [4.69, 9.17) is 0 Å². The number of benzene rings is 1. The highest BCUT2D eigenvalue weighted by Crippen LogP contribution is 2.25. The molecule has 1 heteroatoms. The second-order valence-corrected chi connectivity index (χ2v) is 6.07. The Kier molecular flexibility index (Phi) is 4.27. The van der Waals surface area contributed by atoms with E-state index in [0.29, 0.717) is 5.92 Å². The van der Waals surface area contributed by atoms with Gasteiger partial charge in [-0.3, -0.25) is 0 Å². The molecule has 0 aliphatic rings. The van der Waals surface area contributed by atoms with Crippen molar-refractivity contribution in [1.82, 2.24) is 0 Å². The zero-order valence-electron chi connectivity index (χ0n) is 13.6. The molecule has 0 N–H and O–H groups in total. The van der Waals surface area contributed by atoms with Gasteiger partial charge in [0.15, 0.2) is 6.20 Å². The van der Waals surface area contributed by atoms with Crippen molar-refractivity contribution in [3.63, 3.8) is 0 Å². The van der Waals surface area contributed by atoms with Gasteiger partial charge in [-0.2, -0.15) is 0 Å². The summed E-state index contributed by atoms with van der Waals surface area (Å²) in [4.78, 5) is 0. The van der Waals surface area contributed by atoms with Crippen molar-refractivity contribution in [2.75, 3.05) is 0 Å². The van der Waals surface area contributed by atoms with E-state index >= 15 is 0 Å². The molecule has 1 aromatic carbocycles. The summed E-state index contributed by atoms with van der Waals surface area (Å²) < 4.78 is 2.26. The predicted octanol–water partition coefficient (Wildman–Crippen LogP) is 4.48. The number of nitrogens with zero attached hydrogens (tertiary/aromatic N) is 1. The van der Waals surface area contributed by atoms with Crippen LogP contribution in [0.1, 0.15) is 48.9 Å². The minimum atomic E-state index is 0.568. The van der Waals surface area contributed by atoms with Gasteiger partial charge in [0.2, 0.25) is 5.69 Å². The number of rotatable bonds is 3. The lowest BCUT2D eigenvalue weighted by atomic mass is 9.96. The summed E-state index contributed by atoms with van der Waals surface area (Å²) in [7, 11) is 2.15. The SMILES string of the molecule is CCc1ccc(-c2cc(C)c(C(C)C)c[n+]2C)c(C)c1. The van der Waals surface area contributed by atoms with E-state index in [9.17, 15) is 0 Å². The maximum absolute atomic E-state index is 2.32. The van der Waals surface area contributed by atoms with Crippen LogP contribution in [-0.2, 0) is 13.5 Å². The molecule has 0 fully saturated rings. The molecule has 0 saturated heterocycles. The fourth-order valence-electron chi connectivity index (χ4n) is 2.88. The van der Waals surface area contributed by atoms with E-state index in [1.54, 1.807) is 0 Å². The zero-order chi connectivity index (χ0) is 14.9. The van der Waals surface area contributed by atoms with Crippen LogP contribution in [0.5, 0.6) is 0 Å². The molecule has 0 aliphatic carbocycles. The molecule has 0 spiro atoms. The lowest BCUT2D eigenvalue weighted by Gasteiger charge is -2.11. The van der Waals surface area contributed by atoms with E-state index in [1.807, 2.05) is 0 Å². The van der Waals surface area contributed by atoms with E-state index in [1.165, 1.54) is 33.5 Å². The predicted molar refractivity (Wildman–Crippen MR) is 86.0 cm³/mol. The highest BCUT2D eigenvalue weighted by atomic mass is 14.9. The Bertz CT molecular complexity index is 624. The smallest absolute Gasteiger partial charge is 0.201 e. The Morgan fingerprint density at radius 3 is 2.30 bits per heavy atom. The van der Waals surface area contributed by atoms with Crippen LogP contribution in [0.4, 0.5) is 0 Å². The van der Waals surface area contributed by atoms with Crippen LogP contribution in [-0.4, -0.2) is 0 Å². The number of aryl methyl sites for hydroxylation is 4. The summed E-state index contributed by atoms with van der Waals surface area (Å²) in [5.74, 6) is 0.568. The van der Waals surface area contributed by atoms with E-state index in [2.05, 4.69) is 76.7 Å². The summed E-state index contributed by atoms with van der Waals surface area (Å²) in [6.45, 7) is 11.1. The van der Waals surface area contributed by atoms with Gasteiger partial charge in [0.25, 0.3) is 0 Å². The van der Waals surface area contributed by atoms with Crippen LogP contribution in [0.2, 0.25) is 0 Å². The Balaban J connectivity index is 2.56. The van der Waals surface area contributed by atoms with Crippen molar-refractivity contribution in [3.8, 4) is 11.3 Å². The standard InChI is InChI=1S/C19H26N/c1-7-16-8-9-17(14(4)10-16)19-11-15(5)18(13(2)3)12-20(19)6/h8-13H,7H2,1-6H3/q+1. The maximum atomic E-state index is 2.32. The molecule has 0 radical (unpaired) electrons. The molecular weight excluding hydrogens is 242 g/mol. The Morgan fingerprint density at radius 2 is 1.75 bits per heavy atom. The first kappa shape index (κ1) is 14.8. The third kappa shape index (κ3) is 2.77. The Morgan fingerprint density at radius 1 is 1.05 bits per heavy atom. The Labute approximate surface area is 123 Å². The molecule has 0 atom stereocenters. The number of hydrogen-bond donors (Lipinski definition) is 0. The Hall–Kier alpha value is -1.63. The minimum Gasteiger partial charge on any atom is -0.201 e. The molecule has 2 aromatic rings. The van der Waals surface area contributed by atoms with Gasteiger partial charge < -0.3 is 0 Å². The van der Waals surface area contributed by atoms with Gasteiger partial charge in [0.05, 0.1) is 0 Å². The largest absolute Gasteiger partial charge is 0.212 e. The molecule has 1 nitrogen and oxygen atoms in total. The summed E-state index contributed by atoms with van der Waals surface area (Å²) in [6.07, 6.45) is 3.38. The topological polar surface area (TPSA) is 3.88 Å². The molecule has 0 aliphatic heterocycles. The summed E-state index contributed by atoms with van der Waals surface area (Å²) in [5.41, 5.74) is 8.21. The van der Waals surface area contributed by atoms with Crippen LogP contribution in [0.3, 0.4) is 0 Å². The molecule has 0 saturated carbocycles. The van der Waals surface area contributed by atoms with Crippen molar-refractivity contribution in [2.24, 2.45) is 7.05 Å². The second kappa shape index (κ2) is 5.78. The highest BCUT2D eigenvalue weighted by molar-refractivity contribution is 5.62. The van der Waals surface area contributed by atoms with Gasteiger partial charge in [-0.15, -0.1) is 0 Å². The fourth-order valence-corrected chi connectivity index (χ4v) is 2.88. The van der Waals surface area contributed by atoms with Gasteiger partial charge in [-0.1, -0.05) is 32.9 Å². The number of pyridine rings is 1. The first-order valence-corrected chi connectivity index (χ1v) is 7.54. The summed E-state index contributed by atoms with van der Waals surface area (Å²) in [5, 5.41) is 0. The number of hydrogen-bond acceptors (Lipinski definition) is 0. The average molecular weight is 268 g/mol. The van der Waals surface area contributed by atoms with Crippen molar-refractivity contribution in [1.29, 1.82) is 0 Å². The fraction of sp³-hybridized carbons (Fsp3) is 0.421. The minimum absolute atomic E-state index is 0.568. The number of aromatic nitrogens is 1. The van der Waals surface area contributed by atoms with Crippen molar-refractivity contribution in [3.05, 3.63) is 52.7 Å². The molecular formula is C19H26N+. The van der Waals surface area contributed by atoms with Crippen LogP contribution in [0.15, 0.2) is 30.5 Å². The first-order chi connectivity index (χ1) is 9.43. The van der Waals surface area contributed by atoms with Gasteiger partial charge >= 0.3 is 0 Å². The monoisotopic (exact) mass is 268 g/mol. The molecule has 0 amide bonds. The van der Waals surface area contributed by atoms with E-state index in [-0.39, 0.29) is 0 Å². The van der Waals surface area contributed by atoms with Crippen LogP contribution >= 0.6 is 0 Å². The summed E-state index contributed by atoms with van der Waals surface area (Å²) in [6, 6.07) is 9.14. The molecule has 20 heavy (non-hydrogen) atoms. The highest BCUT2D eigenvalue weighted by Gasteiger charge is 2.17. The molecule has 0 bridgehead atoms. The van der Waals surface area contributed by atoms with E-state index in [0.717, 1.165) is 6.42 Å². The van der Waals surface area contributed by atoms with Crippen LogP contribution in [0.25, 0.3) is 11.3 Å².